The molecule has 2 aliphatic rings. The van der Waals surface area contributed by atoms with Gasteiger partial charge in [-0.15, -0.1) is 0 Å². The molecule has 1 heterocycles. The van der Waals surface area contributed by atoms with E-state index in [0.29, 0.717) is 17.8 Å². The third-order valence-electron chi connectivity index (χ3n) is 6.85. The summed E-state index contributed by atoms with van der Waals surface area (Å²) in [5, 5.41) is 1.85. The van der Waals surface area contributed by atoms with Crippen molar-refractivity contribution in [2.45, 2.75) is 31.1 Å². The smallest absolute Gasteiger partial charge is 0.261 e. The van der Waals surface area contributed by atoms with E-state index in [2.05, 4.69) is 9.62 Å². The Hall–Kier alpha value is -2.90. The number of anilines is 1. The molecule has 2 fully saturated rings. The van der Waals surface area contributed by atoms with Crippen LogP contribution >= 0.6 is 0 Å². The first-order valence-corrected chi connectivity index (χ1v) is 13.5. The zero-order valence-corrected chi connectivity index (χ0v) is 20.4. The highest BCUT2D eigenvalue weighted by Gasteiger charge is 2.27. The summed E-state index contributed by atoms with van der Waals surface area (Å²) in [5.41, 5.74) is 1.72. The molecular weight excluding hydrogens is 446 g/mol. The van der Waals surface area contributed by atoms with Crippen LogP contribution in [0.25, 0.3) is 10.8 Å². The Labute approximate surface area is 201 Å². The summed E-state index contributed by atoms with van der Waals surface area (Å²) in [4.78, 5) is 17.8. The molecule has 1 aliphatic heterocycles. The molecular formula is C27H31N3O3S. The predicted octanol–water partition coefficient (Wildman–Crippen LogP) is 4.51. The highest BCUT2D eigenvalue weighted by Crippen LogP contribution is 2.30. The number of aryl methyl sites for hydroxylation is 1. The van der Waals surface area contributed by atoms with E-state index in [-0.39, 0.29) is 10.8 Å². The number of hydrogen-bond donors (Lipinski definition) is 1. The molecule has 6 nitrogen and oxygen atoms in total. The van der Waals surface area contributed by atoms with Crippen molar-refractivity contribution in [2.75, 3.05) is 37.4 Å². The zero-order chi connectivity index (χ0) is 23.7. The van der Waals surface area contributed by atoms with Crippen LogP contribution in [0.4, 0.5) is 5.69 Å². The number of amides is 1. The topological polar surface area (TPSA) is 69.7 Å². The van der Waals surface area contributed by atoms with Gasteiger partial charge in [0, 0.05) is 31.7 Å². The van der Waals surface area contributed by atoms with E-state index < -0.39 is 10.0 Å². The van der Waals surface area contributed by atoms with E-state index in [1.165, 1.54) is 12.8 Å². The van der Waals surface area contributed by atoms with Gasteiger partial charge in [-0.2, -0.15) is 0 Å². The number of nitrogens with zero attached hydrogens (tertiary/aromatic N) is 2. The summed E-state index contributed by atoms with van der Waals surface area (Å²) >= 11 is 0. The van der Waals surface area contributed by atoms with Gasteiger partial charge in [0.05, 0.1) is 10.6 Å². The first-order valence-electron chi connectivity index (χ1n) is 12.0. The summed E-state index contributed by atoms with van der Waals surface area (Å²) in [7, 11) is -3.79. The van der Waals surface area contributed by atoms with Gasteiger partial charge in [-0.3, -0.25) is 9.52 Å². The van der Waals surface area contributed by atoms with Crippen molar-refractivity contribution < 1.29 is 13.2 Å². The van der Waals surface area contributed by atoms with Crippen LogP contribution < -0.4 is 4.72 Å². The first kappa shape index (κ1) is 22.9. The molecule has 3 aromatic carbocycles. The molecule has 1 aliphatic carbocycles. The molecule has 7 heteroatoms. The second-order valence-corrected chi connectivity index (χ2v) is 11.2. The molecule has 5 rings (SSSR count). The first-order chi connectivity index (χ1) is 16.4. The van der Waals surface area contributed by atoms with Crippen molar-refractivity contribution in [3.8, 4) is 0 Å². The van der Waals surface area contributed by atoms with Gasteiger partial charge in [0.15, 0.2) is 0 Å². The van der Waals surface area contributed by atoms with Gasteiger partial charge < -0.3 is 9.80 Å². The Morgan fingerprint density at radius 2 is 1.74 bits per heavy atom. The number of hydrogen-bond acceptors (Lipinski definition) is 4. The maximum Gasteiger partial charge on any atom is 0.261 e. The largest absolute Gasteiger partial charge is 0.337 e. The standard InChI is InChI=1S/C27H31N3O3S/c1-20-7-10-24(27(31)30-14-4-13-29(15-16-30)19-21-8-9-21)18-26(20)28-34(32,33)25-12-11-22-5-2-3-6-23(22)17-25/h2-3,5-7,10-12,17-18,21,28H,4,8-9,13-16,19H2,1H3. The lowest BCUT2D eigenvalue weighted by atomic mass is 10.1. The lowest BCUT2D eigenvalue weighted by Crippen LogP contribution is -2.35. The van der Waals surface area contributed by atoms with Crippen molar-refractivity contribution in [1.82, 2.24) is 9.80 Å². The van der Waals surface area contributed by atoms with Crippen LogP contribution in [0.2, 0.25) is 0 Å². The normalized spacial score (nSPS) is 17.5. The number of fused-ring (bicyclic) bond motifs is 1. The monoisotopic (exact) mass is 477 g/mol. The van der Waals surface area contributed by atoms with E-state index in [1.54, 1.807) is 24.3 Å². The Morgan fingerprint density at radius 1 is 0.941 bits per heavy atom. The third-order valence-corrected chi connectivity index (χ3v) is 8.21. The minimum atomic E-state index is -3.79. The molecule has 0 atom stereocenters. The van der Waals surface area contributed by atoms with Gasteiger partial charge in [-0.05, 0) is 79.3 Å². The van der Waals surface area contributed by atoms with Crippen LogP contribution in [0.5, 0.6) is 0 Å². The van der Waals surface area contributed by atoms with E-state index in [0.717, 1.165) is 54.9 Å². The second kappa shape index (κ2) is 9.39. The summed E-state index contributed by atoms with van der Waals surface area (Å²) in [6, 6.07) is 18.0. The van der Waals surface area contributed by atoms with Gasteiger partial charge in [-0.1, -0.05) is 36.4 Å². The quantitative estimate of drug-likeness (QED) is 0.567. The van der Waals surface area contributed by atoms with Crippen molar-refractivity contribution in [2.24, 2.45) is 5.92 Å². The van der Waals surface area contributed by atoms with Crippen LogP contribution in [0.1, 0.15) is 35.2 Å². The highest BCUT2D eigenvalue weighted by molar-refractivity contribution is 7.92. The van der Waals surface area contributed by atoms with Crippen molar-refractivity contribution in [3.63, 3.8) is 0 Å². The van der Waals surface area contributed by atoms with Gasteiger partial charge in [0.1, 0.15) is 0 Å². The van der Waals surface area contributed by atoms with Crippen LogP contribution in [0.3, 0.4) is 0 Å². The molecule has 1 amide bonds. The Kier molecular flexibility index (Phi) is 6.32. The second-order valence-electron chi connectivity index (χ2n) is 9.53. The maximum absolute atomic E-state index is 13.3. The van der Waals surface area contributed by atoms with E-state index >= 15 is 0 Å². The third kappa shape index (κ3) is 5.10. The summed E-state index contributed by atoms with van der Waals surface area (Å²) in [6.07, 6.45) is 3.63. The molecule has 0 spiro atoms. The number of carbonyl (C=O) groups is 1. The highest BCUT2D eigenvalue weighted by atomic mass is 32.2. The molecule has 0 unspecified atom stereocenters. The summed E-state index contributed by atoms with van der Waals surface area (Å²) in [5.74, 6) is 0.803. The Bertz CT molecular complexity index is 1320. The number of benzene rings is 3. The Morgan fingerprint density at radius 3 is 2.53 bits per heavy atom. The molecule has 1 saturated heterocycles. The predicted molar refractivity (Wildman–Crippen MR) is 136 cm³/mol. The van der Waals surface area contributed by atoms with Gasteiger partial charge in [0.25, 0.3) is 15.9 Å². The lowest BCUT2D eigenvalue weighted by Gasteiger charge is -2.22. The fourth-order valence-corrected chi connectivity index (χ4v) is 5.76. The minimum Gasteiger partial charge on any atom is -0.337 e. The number of nitrogens with one attached hydrogen (secondary N) is 1. The fraction of sp³-hybridized carbons (Fsp3) is 0.370. The summed E-state index contributed by atoms with van der Waals surface area (Å²) < 4.78 is 29.0. The number of rotatable bonds is 6. The van der Waals surface area contributed by atoms with Gasteiger partial charge in [0.2, 0.25) is 0 Å². The molecule has 1 N–H and O–H groups in total. The van der Waals surface area contributed by atoms with E-state index in [1.807, 2.05) is 48.2 Å². The minimum absolute atomic E-state index is 0.0422. The molecule has 0 aromatic heterocycles. The van der Waals surface area contributed by atoms with Gasteiger partial charge >= 0.3 is 0 Å². The van der Waals surface area contributed by atoms with Crippen molar-refractivity contribution in [1.29, 1.82) is 0 Å². The Balaban J connectivity index is 1.33. The van der Waals surface area contributed by atoms with E-state index in [4.69, 9.17) is 0 Å². The molecule has 34 heavy (non-hydrogen) atoms. The van der Waals surface area contributed by atoms with Crippen LogP contribution in [0.15, 0.2) is 65.6 Å². The van der Waals surface area contributed by atoms with E-state index in [9.17, 15) is 13.2 Å². The lowest BCUT2D eigenvalue weighted by molar-refractivity contribution is 0.0761. The molecule has 178 valence electrons. The van der Waals surface area contributed by atoms with Crippen LogP contribution in [0, 0.1) is 12.8 Å². The van der Waals surface area contributed by atoms with Crippen LogP contribution in [-0.4, -0.2) is 56.8 Å². The molecule has 0 bridgehead atoms. The number of carbonyl (C=O) groups excluding carboxylic acids is 1. The van der Waals surface area contributed by atoms with Crippen molar-refractivity contribution in [3.05, 3.63) is 71.8 Å². The molecule has 1 saturated carbocycles. The fourth-order valence-electron chi connectivity index (χ4n) is 4.61. The zero-order valence-electron chi connectivity index (χ0n) is 19.5. The van der Waals surface area contributed by atoms with Gasteiger partial charge in [-0.25, -0.2) is 8.42 Å². The van der Waals surface area contributed by atoms with Crippen molar-refractivity contribution >= 4 is 32.4 Å². The van der Waals surface area contributed by atoms with Crippen LogP contribution in [-0.2, 0) is 10.0 Å². The number of sulfonamides is 1. The average Bonchev–Trinajstić information content (AvgIpc) is 3.67. The maximum atomic E-state index is 13.3. The SMILES string of the molecule is Cc1ccc(C(=O)N2CCCN(CC3CC3)CC2)cc1NS(=O)(=O)c1ccc2ccccc2c1. The summed E-state index contributed by atoms with van der Waals surface area (Å²) in [6.45, 7) is 6.35. The molecule has 3 aromatic rings. The molecule has 0 radical (unpaired) electrons. The average molecular weight is 478 g/mol.